The van der Waals surface area contributed by atoms with E-state index in [1.54, 1.807) is 29.2 Å². The van der Waals surface area contributed by atoms with Crippen LogP contribution in [0.1, 0.15) is 86.5 Å². The Bertz CT molecular complexity index is 1180. The van der Waals surface area contributed by atoms with Crippen LogP contribution in [0.4, 0.5) is 5.69 Å². The molecule has 0 aliphatic heterocycles. The van der Waals surface area contributed by atoms with Crippen molar-refractivity contribution in [1.82, 2.24) is 19.7 Å². The van der Waals surface area contributed by atoms with Crippen molar-refractivity contribution >= 4 is 28.5 Å². The Kier molecular flexibility index (Phi) is 6.91. The molecule has 0 radical (unpaired) electrons. The second-order valence-electron chi connectivity index (χ2n) is 9.63. The fourth-order valence-electron chi connectivity index (χ4n) is 3.87. The molecule has 0 saturated carbocycles. The van der Waals surface area contributed by atoms with Crippen molar-refractivity contribution in [1.29, 1.82) is 0 Å². The van der Waals surface area contributed by atoms with Crippen molar-refractivity contribution in [2.24, 2.45) is 0 Å². The number of carbonyl (C=O) groups excluding carboxylic acids is 2. The molecule has 3 aromatic rings. The summed E-state index contributed by atoms with van der Waals surface area (Å²) in [6.45, 7) is 17.4. The molecule has 7 heteroatoms. The average Bonchev–Trinajstić information content (AvgIpc) is 3.11. The van der Waals surface area contributed by atoms with Gasteiger partial charge in [-0.1, -0.05) is 19.9 Å². The molecule has 7 nitrogen and oxygen atoms in total. The minimum atomic E-state index is -0.276. The van der Waals surface area contributed by atoms with E-state index in [1.165, 1.54) is 0 Å². The van der Waals surface area contributed by atoms with Gasteiger partial charge in [-0.3, -0.25) is 9.59 Å². The largest absolute Gasteiger partial charge is 0.339 e. The number of pyridine rings is 1. The first-order valence-corrected chi connectivity index (χ1v) is 11.6. The number of anilines is 1. The number of aromatic nitrogens is 3. The lowest BCUT2D eigenvalue weighted by Crippen LogP contribution is -2.30. The van der Waals surface area contributed by atoms with Crippen molar-refractivity contribution in [2.75, 3.05) is 18.4 Å². The van der Waals surface area contributed by atoms with Crippen LogP contribution in [0, 0.1) is 6.92 Å². The van der Waals surface area contributed by atoms with Gasteiger partial charge < -0.3 is 10.2 Å². The number of aryl methyl sites for hydroxylation is 1. The van der Waals surface area contributed by atoms with E-state index in [1.807, 2.05) is 31.5 Å². The molecule has 1 aromatic carbocycles. The number of carbonyl (C=O) groups is 2. The molecule has 2 amide bonds. The van der Waals surface area contributed by atoms with Crippen molar-refractivity contribution in [3.63, 3.8) is 0 Å². The summed E-state index contributed by atoms with van der Waals surface area (Å²) in [5.41, 5.74) is 3.70. The zero-order valence-corrected chi connectivity index (χ0v) is 21.0. The van der Waals surface area contributed by atoms with Crippen LogP contribution < -0.4 is 5.32 Å². The molecule has 3 rings (SSSR count). The Labute approximate surface area is 196 Å². The molecule has 33 heavy (non-hydrogen) atoms. The molecule has 0 aliphatic carbocycles. The molecule has 0 fully saturated rings. The zero-order chi connectivity index (χ0) is 24.5. The standard InChI is InChI=1S/C26H35N5O2/c1-9-30(10-2)25(33)18-12-11-13-19(14-18)27-24(32)20-15-21(16(3)4)28-23-22(20)17(5)29-31(23)26(6,7)8/h11-16H,9-10H2,1-8H3,(H,27,32). The lowest BCUT2D eigenvalue weighted by molar-refractivity contribution is 0.0772. The highest BCUT2D eigenvalue weighted by molar-refractivity contribution is 6.13. The van der Waals surface area contributed by atoms with E-state index in [2.05, 4.69) is 39.9 Å². The van der Waals surface area contributed by atoms with Gasteiger partial charge in [-0.25, -0.2) is 9.67 Å². The van der Waals surface area contributed by atoms with Gasteiger partial charge in [0.15, 0.2) is 5.65 Å². The second-order valence-corrected chi connectivity index (χ2v) is 9.63. The third-order valence-corrected chi connectivity index (χ3v) is 5.72. The Morgan fingerprint density at radius 1 is 1.12 bits per heavy atom. The van der Waals surface area contributed by atoms with Crippen LogP contribution in [-0.2, 0) is 5.54 Å². The maximum atomic E-state index is 13.5. The van der Waals surface area contributed by atoms with Crippen LogP contribution in [0.15, 0.2) is 30.3 Å². The second kappa shape index (κ2) is 9.33. The Morgan fingerprint density at radius 3 is 2.36 bits per heavy atom. The molecular weight excluding hydrogens is 414 g/mol. The molecule has 2 aromatic heterocycles. The molecule has 1 N–H and O–H groups in total. The van der Waals surface area contributed by atoms with Crippen molar-refractivity contribution in [3.8, 4) is 0 Å². The van der Waals surface area contributed by atoms with Crippen LogP contribution in [0.25, 0.3) is 11.0 Å². The van der Waals surface area contributed by atoms with Gasteiger partial charge in [0.25, 0.3) is 11.8 Å². The summed E-state index contributed by atoms with van der Waals surface area (Å²) in [7, 11) is 0. The summed E-state index contributed by atoms with van der Waals surface area (Å²) in [4.78, 5) is 32.8. The molecule has 0 bridgehead atoms. The van der Waals surface area contributed by atoms with Gasteiger partial charge in [0.05, 0.1) is 22.2 Å². The molecule has 0 spiro atoms. The van der Waals surface area contributed by atoms with Crippen LogP contribution in [0.3, 0.4) is 0 Å². The molecule has 2 heterocycles. The van der Waals surface area contributed by atoms with E-state index < -0.39 is 0 Å². The highest BCUT2D eigenvalue weighted by atomic mass is 16.2. The van der Waals surface area contributed by atoms with E-state index in [0.717, 1.165) is 16.8 Å². The number of fused-ring (bicyclic) bond motifs is 1. The first-order chi connectivity index (χ1) is 15.5. The van der Waals surface area contributed by atoms with E-state index in [4.69, 9.17) is 10.1 Å². The lowest BCUT2D eigenvalue weighted by Gasteiger charge is -2.20. The normalized spacial score (nSPS) is 11.8. The number of hydrogen-bond acceptors (Lipinski definition) is 4. The van der Waals surface area contributed by atoms with Crippen LogP contribution in [-0.4, -0.2) is 44.6 Å². The van der Waals surface area contributed by atoms with E-state index in [0.29, 0.717) is 35.6 Å². The van der Waals surface area contributed by atoms with Crippen LogP contribution in [0.2, 0.25) is 0 Å². The van der Waals surface area contributed by atoms with Crippen molar-refractivity contribution in [3.05, 3.63) is 52.8 Å². The molecule has 176 valence electrons. The number of nitrogens with zero attached hydrogens (tertiary/aromatic N) is 4. The van der Waals surface area contributed by atoms with Crippen LogP contribution in [0.5, 0.6) is 0 Å². The average molecular weight is 450 g/mol. The van der Waals surface area contributed by atoms with Gasteiger partial charge >= 0.3 is 0 Å². The molecule has 0 atom stereocenters. The number of amides is 2. The van der Waals surface area contributed by atoms with Crippen molar-refractivity contribution < 1.29 is 9.59 Å². The van der Waals surface area contributed by atoms with Gasteiger partial charge in [-0.2, -0.15) is 5.10 Å². The Balaban J connectivity index is 2.05. The van der Waals surface area contributed by atoms with E-state index in [9.17, 15) is 9.59 Å². The fourth-order valence-corrected chi connectivity index (χ4v) is 3.87. The summed E-state index contributed by atoms with van der Waals surface area (Å²) in [5.74, 6) is -0.139. The first kappa shape index (κ1) is 24.4. The number of nitrogens with one attached hydrogen (secondary N) is 1. The van der Waals surface area contributed by atoms with Crippen LogP contribution >= 0.6 is 0 Å². The molecule has 0 saturated heterocycles. The SMILES string of the molecule is CCN(CC)C(=O)c1cccc(NC(=O)c2cc(C(C)C)nc3c2c(C)nn3C(C)(C)C)c1. The van der Waals surface area contributed by atoms with Gasteiger partial charge in [0, 0.05) is 30.0 Å². The smallest absolute Gasteiger partial charge is 0.256 e. The number of benzene rings is 1. The summed E-state index contributed by atoms with van der Waals surface area (Å²) in [6, 6.07) is 8.94. The fraction of sp³-hybridized carbons (Fsp3) is 0.462. The van der Waals surface area contributed by atoms with Gasteiger partial charge in [0.2, 0.25) is 0 Å². The monoisotopic (exact) mass is 449 g/mol. The van der Waals surface area contributed by atoms with E-state index >= 15 is 0 Å². The maximum Gasteiger partial charge on any atom is 0.256 e. The quantitative estimate of drug-likeness (QED) is 0.550. The summed E-state index contributed by atoms with van der Waals surface area (Å²) in [5, 5.41) is 8.45. The molecule has 0 aliphatic rings. The third-order valence-electron chi connectivity index (χ3n) is 5.72. The summed E-state index contributed by atoms with van der Waals surface area (Å²) < 4.78 is 1.89. The molecule has 0 unspecified atom stereocenters. The first-order valence-electron chi connectivity index (χ1n) is 11.6. The van der Waals surface area contributed by atoms with Gasteiger partial charge in [-0.15, -0.1) is 0 Å². The van der Waals surface area contributed by atoms with E-state index in [-0.39, 0.29) is 23.3 Å². The lowest BCUT2D eigenvalue weighted by atomic mass is 10.0. The Hall–Kier alpha value is -3.22. The van der Waals surface area contributed by atoms with Gasteiger partial charge in [0.1, 0.15) is 0 Å². The maximum absolute atomic E-state index is 13.5. The summed E-state index contributed by atoms with van der Waals surface area (Å²) >= 11 is 0. The Morgan fingerprint density at radius 2 is 1.79 bits per heavy atom. The predicted octanol–water partition coefficient (Wildman–Crippen LogP) is 5.35. The molecular formula is C26H35N5O2. The minimum Gasteiger partial charge on any atom is -0.339 e. The highest BCUT2D eigenvalue weighted by Gasteiger charge is 2.25. The van der Waals surface area contributed by atoms with Gasteiger partial charge in [-0.05, 0) is 71.7 Å². The predicted molar refractivity (Wildman–Crippen MR) is 133 cm³/mol. The third kappa shape index (κ3) is 4.92. The number of hydrogen-bond donors (Lipinski definition) is 1. The topological polar surface area (TPSA) is 80.1 Å². The summed E-state index contributed by atoms with van der Waals surface area (Å²) in [6.07, 6.45) is 0. The number of rotatable bonds is 6. The zero-order valence-electron chi connectivity index (χ0n) is 21.0. The van der Waals surface area contributed by atoms with Crippen molar-refractivity contribution in [2.45, 2.75) is 66.8 Å². The highest BCUT2D eigenvalue weighted by Crippen LogP contribution is 2.29. The minimum absolute atomic E-state index is 0.0493.